The average Bonchev–Trinajstić information content (AvgIpc) is 2.29. The maximum atomic E-state index is 11.4. The van der Waals surface area contributed by atoms with Gasteiger partial charge in [-0.3, -0.25) is 4.79 Å². The Morgan fingerprint density at radius 1 is 1.60 bits per heavy atom. The van der Waals surface area contributed by atoms with E-state index in [0.717, 1.165) is 29.4 Å². The molecule has 1 unspecified atom stereocenters. The van der Waals surface area contributed by atoms with E-state index in [2.05, 4.69) is 9.97 Å². The lowest BCUT2D eigenvalue weighted by Crippen LogP contribution is -2.17. The molecule has 0 radical (unpaired) electrons. The first-order chi connectivity index (χ1) is 7.29. The fourth-order valence-corrected chi connectivity index (χ4v) is 4.13. The van der Waals surface area contributed by atoms with Crippen LogP contribution in [0.4, 0.5) is 0 Å². The lowest BCUT2D eigenvalue weighted by molar-refractivity contribution is 0.861. The van der Waals surface area contributed by atoms with Gasteiger partial charge in [-0.2, -0.15) is 11.8 Å². The van der Waals surface area contributed by atoms with Gasteiger partial charge in [0.25, 0.3) is 5.56 Å². The molecule has 0 amide bonds. The summed E-state index contributed by atoms with van der Waals surface area (Å²) in [6.07, 6.45) is 0.821. The Hall–Kier alpha value is -0.420. The van der Waals surface area contributed by atoms with Crippen LogP contribution in [0.1, 0.15) is 23.7 Å². The summed E-state index contributed by atoms with van der Waals surface area (Å²) in [5.41, 5.74) is 0.873. The topological polar surface area (TPSA) is 45.8 Å². The molecule has 3 nitrogen and oxygen atoms in total. The third-order valence-corrected chi connectivity index (χ3v) is 5.06. The summed E-state index contributed by atoms with van der Waals surface area (Å²) in [5, 5.41) is 0.364. The highest BCUT2D eigenvalue weighted by atomic mass is 32.2. The van der Waals surface area contributed by atoms with Gasteiger partial charge in [0.15, 0.2) is 0 Å². The van der Waals surface area contributed by atoms with E-state index < -0.39 is 0 Å². The molecule has 1 N–H and O–H groups in total. The van der Waals surface area contributed by atoms with Gasteiger partial charge in [0, 0.05) is 29.0 Å². The van der Waals surface area contributed by atoms with Gasteiger partial charge in [-0.25, -0.2) is 4.98 Å². The molecular weight excluding hydrogens is 228 g/mol. The number of thioether (sulfide) groups is 2. The lowest BCUT2D eigenvalue weighted by Gasteiger charge is -2.20. The Kier molecular flexibility index (Phi) is 3.75. The van der Waals surface area contributed by atoms with Gasteiger partial charge < -0.3 is 4.98 Å². The molecule has 0 bridgehead atoms. The second-order valence-electron chi connectivity index (χ2n) is 3.41. The number of nitrogens with zero attached hydrogens (tertiary/aromatic N) is 1. The van der Waals surface area contributed by atoms with Gasteiger partial charge in [0.2, 0.25) is 0 Å². The largest absolute Gasteiger partial charge is 0.310 e. The minimum Gasteiger partial charge on any atom is -0.310 e. The predicted octanol–water partition coefficient (Wildman–Crippen LogP) is 1.85. The van der Waals surface area contributed by atoms with Gasteiger partial charge in [-0.15, -0.1) is 11.8 Å². The van der Waals surface area contributed by atoms with Crippen molar-refractivity contribution in [2.75, 3.05) is 17.3 Å². The normalized spacial score (nSPS) is 21.5. The summed E-state index contributed by atoms with van der Waals surface area (Å²) >= 11 is 3.83. The number of hydrogen-bond donors (Lipinski definition) is 1. The quantitative estimate of drug-likeness (QED) is 0.860. The monoisotopic (exact) mass is 242 g/mol. The first-order valence-electron chi connectivity index (χ1n) is 5.09. The fraction of sp³-hybridized carbons (Fsp3) is 0.600. The molecular formula is C10H14N2OS2. The molecule has 5 heteroatoms. The SMILES string of the molecule is CCc1cc(=O)[nH]c(C2CSCCS2)n1. The van der Waals surface area contributed by atoms with Crippen LogP contribution >= 0.6 is 23.5 Å². The number of aromatic amines is 1. The molecule has 1 aliphatic heterocycles. The van der Waals surface area contributed by atoms with Crippen LogP contribution < -0.4 is 5.56 Å². The van der Waals surface area contributed by atoms with Crippen LogP contribution in [0.2, 0.25) is 0 Å². The van der Waals surface area contributed by atoms with E-state index in [-0.39, 0.29) is 5.56 Å². The molecule has 0 aromatic carbocycles. The highest BCUT2D eigenvalue weighted by molar-refractivity contribution is 8.06. The van der Waals surface area contributed by atoms with Gasteiger partial charge in [0.05, 0.1) is 5.25 Å². The molecule has 1 aromatic heterocycles. The van der Waals surface area contributed by atoms with E-state index in [1.807, 2.05) is 30.4 Å². The lowest BCUT2D eigenvalue weighted by atomic mass is 10.3. The number of aryl methyl sites for hydroxylation is 1. The van der Waals surface area contributed by atoms with Crippen molar-refractivity contribution >= 4 is 23.5 Å². The Labute approximate surface area is 97.5 Å². The zero-order chi connectivity index (χ0) is 10.7. The van der Waals surface area contributed by atoms with Crippen molar-refractivity contribution in [2.24, 2.45) is 0 Å². The Morgan fingerprint density at radius 3 is 3.13 bits per heavy atom. The third-order valence-electron chi connectivity index (χ3n) is 2.30. The number of rotatable bonds is 2. The van der Waals surface area contributed by atoms with Crippen molar-refractivity contribution in [1.29, 1.82) is 0 Å². The molecule has 0 spiro atoms. The number of hydrogen-bond acceptors (Lipinski definition) is 4. The smallest absolute Gasteiger partial charge is 0.251 e. The second-order valence-corrected chi connectivity index (χ2v) is 5.87. The zero-order valence-electron chi connectivity index (χ0n) is 8.66. The molecule has 2 heterocycles. The van der Waals surface area contributed by atoms with E-state index in [1.54, 1.807) is 6.07 Å². The summed E-state index contributed by atoms with van der Waals surface area (Å²) in [4.78, 5) is 18.7. The predicted molar refractivity (Wildman–Crippen MR) is 66.8 cm³/mol. The van der Waals surface area contributed by atoms with Crippen LogP contribution in [-0.2, 0) is 6.42 Å². The van der Waals surface area contributed by atoms with Crippen molar-refractivity contribution in [3.63, 3.8) is 0 Å². The van der Waals surface area contributed by atoms with Crippen LogP contribution in [0, 0.1) is 0 Å². The summed E-state index contributed by atoms with van der Waals surface area (Å²) in [6.45, 7) is 2.02. The molecule has 1 saturated heterocycles. The molecule has 1 aromatic rings. The van der Waals surface area contributed by atoms with Crippen molar-refractivity contribution in [2.45, 2.75) is 18.6 Å². The van der Waals surface area contributed by atoms with Gasteiger partial charge in [-0.1, -0.05) is 6.92 Å². The highest BCUT2D eigenvalue weighted by Gasteiger charge is 2.18. The molecule has 15 heavy (non-hydrogen) atoms. The van der Waals surface area contributed by atoms with Crippen molar-refractivity contribution in [1.82, 2.24) is 9.97 Å². The molecule has 1 fully saturated rings. The van der Waals surface area contributed by atoms with Crippen LogP contribution in [0.5, 0.6) is 0 Å². The molecule has 1 atom stereocenters. The van der Waals surface area contributed by atoms with Crippen molar-refractivity contribution in [3.05, 3.63) is 27.9 Å². The van der Waals surface area contributed by atoms with Crippen molar-refractivity contribution < 1.29 is 0 Å². The fourth-order valence-electron chi connectivity index (χ4n) is 1.51. The Bertz CT molecular complexity index is 385. The Balaban J connectivity index is 2.26. The number of nitrogens with one attached hydrogen (secondary N) is 1. The minimum absolute atomic E-state index is 0.0203. The van der Waals surface area contributed by atoms with Crippen LogP contribution in [-0.4, -0.2) is 27.2 Å². The van der Waals surface area contributed by atoms with Crippen LogP contribution in [0.15, 0.2) is 10.9 Å². The van der Waals surface area contributed by atoms with E-state index >= 15 is 0 Å². The molecule has 82 valence electrons. The average molecular weight is 242 g/mol. The van der Waals surface area contributed by atoms with Crippen molar-refractivity contribution in [3.8, 4) is 0 Å². The van der Waals surface area contributed by atoms with Crippen LogP contribution in [0.25, 0.3) is 0 Å². The van der Waals surface area contributed by atoms with E-state index in [4.69, 9.17) is 0 Å². The van der Waals surface area contributed by atoms with E-state index in [0.29, 0.717) is 5.25 Å². The standard InChI is InChI=1S/C10H14N2OS2/c1-2-7-5-9(13)12-10(11-7)8-6-14-3-4-15-8/h5,8H,2-4,6H2,1H3,(H,11,12,13). The maximum absolute atomic E-state index is 11.4. The van der Waals surface area contributed by atoms with Gasteiger partial charge >= 0.3 is 0 Å². The zero-order valence-corrected chi connectivity index (χ0v) is 10.3. The van der Waals surface area contributed by atoms with Gasteiger partial charge in [0.1, 0.15) is 5.82 Å². The van der Waals surface area contributed by atoms with Gasteiger partial charge in [-0.05, 0) is 6.42 Å². The molecule has 2 rings (SSSR count). The van der Waals surface area contributed by atoms with Crippen LogP contribution in [0.3, 0.4) is 0 Å². The first kappa shape index (κ1) is 11.1. The molecule has 0 aliphatic carbocycles. The number of aromatic nitrogens is 2. The van der Waals surface area contributed by atoms with E-state index in [9.17, 15) is 4.79 Å². The maximum Gasteiger partial charge on any atom is 0.251 e. The Morgan fingerprint density at radius 2 is 2.47 bits per heavy atom. The summed E-state index contributed by atoms with van der Waals surface area (Å²) in [7, 11) is 0. The summed E-state index contributed by atoms with van der Waals surface area (Å²) < 4.78 is 0. The minimum atomic E-state index is -0.0203. The summed E-state index contributed by atoms with van der Waals surface area (Å²) in [6, 6.07) is 1.59. The third kappa shape index (κ3) is 2.78. The summed E-state index contributed by atoms with van der Waals surface area (Å²) in [5.74, 6) is 4.27. The second kappa shape index (κ2) is 5.07. The van der Waals surface area contributed by atoms with E-state index in [1.165, 1.54) is 5.75 Å². The first-order valence-corrected chi connectivity index (χ1v) is 7.29. The molecule has 1 aliphatic rings. The molecule has 0 saturated carbocycles. The highest BCUT2D eigenvalue weighted by Crippen LogP contribution is 2.34. The number of H-pyrrole nitrogens is 1.